The monoisotopic (exact) mass is 392 g/mol. The number of nitrogens with one attached hydrogen (secondary N) is 1. The predicted molar refractivity (Wildman–Crippen MR) is 104 cm³/mol. The number of carbonyl (C=O) groups excluding carboxylic acids is 3. The topological polar surface area (TPSA) is 108 Å². The van der Waals surface area contributed by atoms with Gasteiger partial charge in [0.2, 0.25) is 5.91 Å². The molecule has 1 atom stereocenters. The average molecular weight is 392 g/mol. The Labute approximate surface area is 167 Å². The smallest absolute Gasteiger partial charge is 0.277 e. The van der Waals surface area contributed by atoms with Crippen LogP contribution in [0.25, 0.3) is 11.3 Å². The van der Waals surface area contributed by atoms with Crippen molar-refractivity contribution in [1.29, 1.82) is 0 Å². The first-order chi connectivity index (χ1) is 14.0. The third-order valence-corrected chi connectivity index (χ3v) is 5.18. The summed E-state index contributed by atoms with van der Waals surface area (Å²) in [5.74, 6) is -0.646. The van der Waals surface area contributed by atoms with E-state index in [2.05, 4.69) is 20.3 Å². The summed E-state index contributed by atoms with van der Waals surface area (Å²) in [5.41, 5.74) is 2.30. The standard InChI is InChI=1S/C20H20N6O3/c1-12(26-8-4-6-14-17(26)20(29)25(2)19(14)28)18(27)24-16-11-22-15(10-23-16)13-5-3-7-21-9-13/h3,5,7,9-12H,4,6,8H2,1-2H3,(H,23,24,27). The average Bonchev–Trinajstić information content (AvgIpc) is 2.98. The van der Waals surface area contributed by atoms with Gasteiger partial charge in [-0.1, -0.05) is 0 Å². The van der Waals surface area contributed by atoms with Crippen molar-refractivity contribution in [2.75, 3.05) is 18.9 Å². The molecule has 2 aromatic rings. The van der Waals surface area contributed by atoms with Crippen molar-refractivity contribution in [1.82, 2.24) is 24.8 Å². The second kappa shape index (κ2) is 7.42. The quantitative estimate of drug-likeness (QED) is 0.779. The van der Waals surface area contributed by atoms with Crippen molar-refractivity contribution in [3.63, 3.8) is 0 Å². The zero-order valence-corrected chi connectivity index (χ0v) is 16.1. The molecule has 4 heterocycles. The minimum absolute atomic E-state index is 0.279. The molecular weight excluding hydrogens is 372 g/mol. The van der Waals surface area contributed by atoms with E-state index in [-0.39, 0.29) is 17.7 Å². The van der Waals surface area contributed by atoms with E-state index in [1.807, 2.05) is 12.1 Å². The minimum atomic E-state index is -0.636. The van der Waals surface area contributed by atoms with Gasteiger partial charge >= 0.3 is 0 Å². The van der Waals surface area contributed by atoms with Crippen molar-refractivity contribution >= 4 is 23.5 Å². The highest BCUT2D eigenvalue weighted by atomic mass is 16.2. The number of carbonyl (C=O) groups is 3. The van der Waals surface area contributed by atoms with E-state index in [1.54, 1.807) is 30.4 Å². The van der Waals surface area contributed by atoms with Gasteiger partial charge in [0.15, 0.2) is 5.82 Å². The molecule has 0 radical (unpaired) electrons. The van der Waals surface area contributed by atoms with E-state index in [4.69, 9.17) is 0 Å². The highest BCUT2D eigenvalue weighted by Gasteiger charge is 2.42. The number of likely N-dealkylation sites (N-methyl/N-ethyl adjacent to an activating group) is 1. The molecule has 2 aliphatic rings. The molecule has 0 aliphatic carbocycles. The molecule has 2 aromatic heterocycles. The minimum Gasteiger partial charge on any atom is -0.355 e. The Bertz CT molecular complexity index is 1000. The molecule has 2 aliphatic heterocycles. The fourth-order valence-corrected chi connectivity index (χ4v) is 3.56. The molecule has 0 saturated carbocycles. The number of amides is 3. The maximum Gasteiger partial charge on any atom is 0.277 e. The van der Waals surface area contributed by atoms with Crippen LogP contribution in [0.3, 0.4) is 0 Å². The van der Waals surface area contributed by atoms with Crippen LogP contribution in [0, 0.1) is 0 Å². The number of hydrogen-bond acceptors (Lipinski definition) is 7. The van der Waals surface area contributed by atoms with Crippen LogP contribution >= 0.6 is 0 Å². The number of pyridine rings is 1. The van der Waals surface area contributed by atoms with Crippen LogP contribution in [0.1, 0.15) is 19.8 Å². The summed E-state index contributed by atoms with van der Waals surface area (Å²) in [4.78, 5) is 52.9. The second-order valence-electron chi connectivity index (χ2n) is 6.99. The lowest BCUT2D eigenvalue weighted by atomic mass is 10.0. The third-order valence-electron chi connectivity index (χ3n) is 5.18. The Kier molecular flexibility index (Phi) is 4.79. The fourth-order valence-electron chi connectivity index (χ4n) is 3.56. The van der Waals surface area contributed by atoms with E-state index < -0.39 is 6.04 Å². The van der Waals surface area contributed by atoms with Crippen molar-refractivity contribution in [2.24, 2.45) is 0 Å². The first-order valence-corrected chi connectivity index (χ1v) is 9.33. The van der Waals surface area contributed by atoms with Crippen molar-refractivity contribution in [2.45, 2.75) is 25.8 Å². The Morgan fingerprint density at radius 3 is 2.69 bits per heavy atom. The van der Waals surface area contributed by atoms with Gasteiger partial charge in [-0.15, -0.1) is 0 Å². The van der Waals surface area contributed by atoms with Crippen molar-refractivity contribution in [3.8, 4) is 11.3 Å². The number of anilines is 1. The van der Waals surface area contributed by atoms with Crippen LogP contribution in [0.5, 0.6) is 0 Å². The van der Waals surface area contributed by atoms with E-state index >= 15 is 0 Å². The molecule has 1 N–H and O–H groups in total. The summed E-state index contributed by atoms with van der Waals surface area (Å²) in [6, 6.07) is 3.04. The van der Waals surface area contributed by atoms with Crippen LogP contribution < -0.4 is 5.32 Å². The SMILES string of the molecule is CC(C(=O)Nc1cnc(-c2cccnc2)cn1)N1CCCC2=C1C(=O)N(C)C2=O. The maximum absolute atomic E-state index is 12.8. The maximum atomic E-state index is 12.8. The lowest BCUT2D eigenvalue weighted by molar-refractivity contribution is -0.136. The van der Waals surface area contributed by atoms with Gasteiger partial charge in [0, 0.05) is 37.1 Å². The van der Waals surface area contributed by atoms with Gasteiger partial charge in [-0.2, -0.15) is 0 Å². The van der Waals surface area contributed by atoms with Gasteiger partial charge in [-0.3, -0.25) is 29.3 Å². The third kappa shape index (κ3) is 3.35. The van der Waals surface area contributed by atoms with Crippen LogP contribution in [0.4, 0.5) is 5.82 Å². The molecule has 1 unspecified atom stereocenters. The number of imide groups is 1. The summed E-state index contributed by atoms with van der Waals surface area (Å²) in [6.45, 7) is 2.24. The van der Waals surface area contributed by atoms with Gasteiger partial charge in [0.05, 0.1) is 18.1 Å². The number of nitrogens with zero attached hydrogens (tertiary/aromatic N) is 5. The summed E-state index contributed by atoms with van der Waals surface area (Å²) in [6.07, 6.45) is 7.66. The normalized spacial score (nSPS) is 17.4. The lowest BCUT2D eigenvalue weighted by Gasteiger charge is -2.33. The fraction of sp³-hybridized carbons (Fsp3) is 0.300. The first kappa shape index (κ1) is 18.7. The van der Waals surface area contributed by atoms with E-state index in [1.165, 1.54) is 13.2 Å². The van der Waals surface area contributed by atoms with Crippen LogP contribution in [-0.4, -0.2) is 62.1 Å². The second-order valence-corrected chi connectivity index (χ2v) is 6.99. The van der Waals surface area contributed by atoms with Crippen LogP contribution in [0.2, 0.25) is 0 Å². The summed E-state index contributed by atoms with van der Waals surface area (Å²) in [7, 11) is 1.46. The van der Waals surface area contributed by atoms with Crippen molar-refractivity contribution < 1.29 is 14.4 Å². The van der Waals surface area contributed by atoms with Crippen LogP contribution in [-0.2, 0) is 14.4 Å². The molecule has 0 aromatic carbocycles. The van der Waals surface area contributed by atoms with Gasteiger partial charge in [-0.05, 0) is 31.9 Å². The molecule has 9 heteroatoms. The van der Waals surface area contributed by atoms with Crippen molar-refractivity contribution in [3.05, 3.63) is 48.2 Å². The lowest BCUT2D eigenvalue weighted by Crippen LogP contribution is -2.45. The molecule has 0 bridgehead atoms. The molecule has 148 valence electrons. The van der Waals surface area contributed by atoms with E-state index in [9.17, 15) is 14.4 Å². The Morgan fingerprint density at radius 1 is 1.17 bits per heavy atom. The largest absolute Gasteiger partial charge is 0.355 e. The highest BCUT2D eigenvalue weighted by molar-refractivity contribution is 6.19. The molecule has 3 amide bonds. The molecule has 0 fully saturated rings. The van der Waals surface area contributed by atoms with Gasteiger partial charge in [-0.25, -0.2) is 4.98 Å². The molecule has 0 spiro atoms. The highest BCUT2D eigenvalue weighted by Crippen LogP contribution is 2.32. The zero-order valence-electron chi connectivity index (χ0n) is 16.1. The molecule has 0 saturated heterocycles. The first-order valence-electron chi connectivity index (χ1n) is 9.33. The summed E-state index contributed by atoms with van der Waals surface area (Å²) >= 11 is 0. The number of aromatic nitrogens is 3. The molecular formula is C20H20N6O3. The summed E-state index contributed by atoms with van der Waals surface area (Å²) < 4.78 is 0. The number of hydrogen-bond donors (Lipinski definition) is 1. The molecule has 4 rings (SSSR count). The molecule has 29 heavy (non-hydrogen) atoms. The van der Waals surface area contributed by atoms with Gasteiger partial charge < -0.3 is 10.2 Å². The Balaban J connectivity index is 1.49. The van der Waals surface area contributed by atoms with E-state index in [0.29, 0.717) is 42.2 Å². The molecule has 9 nitrogen and oxygen atoms in total. The van der Waals surface area contributed by atoms with Gasteiger partial charge in [0.25, 0.3) is 11.8 Å². The van der Waals surface area contributed by atoms with Gasteiger partial charge in [0.1, 0.15) is 11.7 Å². The predicted octanol–water partition coefficient (Wildman–Crippen LogP) is 1.21. The number of rotatable bonds is 4. The Morgan fingerprint density at radius 2 is 2.00 bits per heavy atom. The van der Waals surface area contributed by atoms with E-state index in [0.717, 1.165) is 10.5 Å². The zero-order chi connectivity index (χ0) is 20.5. The Hall–Kier alpha value is -3.62. The summed E-state index contributed by atoms with van der Waals surface area (Å²) in [5, 5.41) is 2.73. The van der Waals surface area contributed by atoms with Crippen LogP contribution in [0.15, 0.2) is 48.2 Å².